The number of methoxy groups -OCH3 is 1. The lowest BCUT2D eigenvalue weighted by Gasteiger charge is -1.99. The molecule has 0 atom stereocenters. The predicted octanol–water partition coefficient (Wildman–Crippen LogP) is 2.34. The lowest BCUT2D eigenvalue weighted by Crippen LogP contribution is -1.81. The Kier molecular flexibility index (Phi) is 4.42. The van der Waals surface area contributed by atoms with Gasteiger partial charge in [-0.3, -0.25) is 0 Å². The molecule has 48 valence electrons. The average molecular weight is 114 g/mol. The summed E-state index contributed by atoms with van der Waals surface area (Å²) < 4.78 is 5.00. The van der Waals surface area contributed by atoms with Gasteiger partial charge >= 0.3 is 0 Å². The van der Waals surface area contributed by atoms with Gasteiger partial charge in [-0.15, -0.1) is 0 Å². The summed E-state index contributed by atoms with van der Waals surface area (Å²) in [6.07, 6.45) is 4.17. The monoisotopic (exact) mass is 114 g/mol. The fourth-order valence-electron chi connectivity index (χ4n) is 0.600. The van der Waals surface area contributed by atoms with E-state index in [1.807, 2.05) is 0 Å². The van der Waals surface area contributed by atoms with Crippen LogP contribution in [-0.4, -0.2) is 7.11 Å². The summed E-state index contributed by atoms with van der Waals surface area (Å²) >= 11 is 0. The van der Waals surface area contributed by atoms with Crippen LogP contribution in [0.4, 0.5) is 0 Å². The summed E-state index contributed by atoms with van der Waals surface area (Å²) in [4.78, 5) is 0. The van der Waals surface area contributed by atoms with Crippen molar-refractivity contribution in [2.75, 3.05) is 7.11 Å². The van der Waals surface area contributed by atoms with E-state index in [0.29, 0.717) is 0 Å². The quantitative estimate of drug-likeness (QED) is 0.512. The van der Waals surface area contributed by atoms with Crippen molar-refractivity contribution in [1.82, 2.24) is 0 Å². The molecule has 0 aliphatic rings. The summed E-state index contributed by atoms with van der Waals surface area (Å²) in [5, 5.41) is 0. The lowest BCUT2D eigenvalue weighted by molar-refractivity contribution is 0.279. The molecule has 0 rings (SSSR count). The fourth-order valence-corrected chi connectivity index (χ4v) is 0.600. The van der Waals surface area contributed by atoms with Crippen molar-refractivity contribution in [3.8, 4) is 0 Å². The first-order valence-electron chi connectivity index (χ1n) is 3.08. The molecular formula is C7H14O. The molecule has 0 heterocycles. The molecule has 0 saturated heterocycles. The maximum atomic E-state index is 5.00. The van der Waals surface area contributed by atoms with Crippen molar-refractivity contribution in [2.45, 2.75) is 26.7 Å². The van der Waals surface area contributed by atoms with E-state index >= 15 is 0 Å². The second kappa shape index (κ2) is 4.69. The average Bonchev–Trinajstić information content (AvgIpc) is 1.83. The van der Waals surface area contributed by atoms with Crippen molar-refractivity contribution in [3.63, 3.8) is 0 Å². The van der Waals surface area contributed by atoms with Crippen LogP contribution in [0.25, 0.3) is 0 Å². The number of hydrogen-bond acceptors (Lipinski definition) is 1. The van der Waals surface area contributed by atoms with Gasteiger partial charge < -0.3 is 4.74 Å². The van der Waals surface area contributed by atoms with E-state index in [0.717, 1.165) is 18.6 Å². The molecule has 0 aliphatic carbocycles. The van der Waals surface area contributed by atoms with Gasteiger partial charge in [0.15, 0.2) is 0 Å². The third-order valence-corrected chi connectivity index (χ3v) is 1.04. The standard InChI is InChI=1S/C7H14O/c1-4-6-7(5-2)8-3/h6H,4-5H2,1-3H3/b7-6-. The Balaban J connectivity index is 3.49. The van der Waals surface area contributed by atoms with Crippen LogP contribution in [0.3, 0.4) is 0 Å². The molecule has 0 amide bonds. The maximum absolute atomic E-state index is 5.00. The van der Waals surface area contributed by atoms with E-state index in [1.54, 1.807) is 7.11 Å². The van der Waals surface area contributed by atoms with E-state index in [4.69, 9.17) is 4.74 Å². The van der Waals surface area contributed by atoms with Crippen LogP contribution < -0.4 is 0 Å². The summed E-state index contributed by atoms with van der Waals surface area (Å²) in [7, 11) is 1.71. The molecule has 0 N–H and O–H groups in total. The summed E-state index contributed by atoms with van der Waals surface area (Å²) in [5.74, 6) is 1.09. The first-order chi connectivity index (χ1) is 3.85. The summed E-state index contributed by atoms with van der Waals surface area (Å²) in [6.45, 7) is 4.19. The molecule has 0 unspecified atom stereocenters. The van der Waals surface area contributed by atoms with Crippen LogP contribution in [0.15, 0.2) is 11.8 Å². The van der Waals surface area contributed by atoms with Crippen LogP contribution >= 0.6 is 0 Å². The van der Waals surface area contributed by atoms with Crippen LogP contribution in [0.1, 0.15) is 26.7 Å². The maximum Gasteiger partial charge on any atom is 0.0912 e. The molecule has 0 aromatic rings. The summed E-state index contributed by atoms with van der Waals surface area (Å²) in [5.41, 5.74) is 0. The Morgan fingerprint density at radius 3 is 2.25 bits per heavy atom. The molecule has 0 radical (unpaired) electrons. The number of allylic oxidation sites excluding steroid dienone is 2. The highest BCUT2D eigenvalue weighted by atomic mass is 16.5. The highest BCUT2D eigenvalue weighted by molar-refractivity contribution is 4.90. The van der Waals surface area contributed by atoms with Crippen molar-refractivity contribution >= 4 is 0 Å². The Hall–Kier alpha value is -0.460. The Morgan fingerprint density at radius 2 is 2.12 bits per heavy atom. The molecule has 0 spiro atoms. The van der Waals surface area contributed by atoms with Crippen LogP contribution in [-0.2, 0) is 4.74 Å². The van der Waals surface area contributed by atoms with Gasteiger partial charge in [-0.1, -0.05) is 13.8 Å². The van der Waals surface area contributed by atoms with Gasteiger partial charge in [0.25, 0.3) is 0 Å². The van der Waals surface area contributed by atoms with Crippen molar-refractivity contribution < 1.29 is 4.74 Å². The highest BCUT2D eigenvalue weighted by Crippen LogP contribution is 2.00. The minimum Gasteiger partial charge on any atom is -0.501 e. The number of ether oxygens (including phenoxy) is 1. The molecule has 0 aromatic carbocycles. The second-order valence-corrected chi connectivity index (χ2v) is 1.64. The Labute approximate surface area is 51.4 Å². The second-order valence-electron chi connectivity index (χ2n) is 1.64. The van der Waals surface area contributed by atoms with Crippen molar-refractivity contribution in [3.05, 3.63) is 11.8 Å². The van der Waals surface area contributed by atoms with Gasteiger partial charge in [0.2, 0.25) is 0 Å². The Bertz CT molecular complexity index is 68.5. The fraction of sp³-hybridized carbons (Fsp3) is 0.714. The zero-order valence-electron chi connectivity index (χ0n) is 5.90. The largest absolute Gasteiger partial charge is 0.501 e. The lowest BCUT2D eigenvalue weighted by atomic mass is 10.3. The molecule has 0 aromatic heterocycles. The SMILES string of the molecule is CC/C=C(/CC)OC. The van der Waals surface area contributed by atoms with Gasteiger partial charge in [-0.2, -0.15) is 0 Å². The third-order valence-electron chi connectivity index (χ3n) is 1.04. The first-order valence-corrected chi connectivity index (χ1v) is 3.08. The topological polar surface area (TPSA) is 9.23 Å². The molecule has 1 nitrogen and oxygen atoms in total. The molecule has 0 bridgehead atoms. The number of rotatable bonds is 3. The minimum atomic E-state index is 1.00. The van der Waals surface area contributed by atoms with Gasteiger partial charge in [-0.25, -0.2) is 0 Å². The third kappa shape index (κ3) is 2.67. The predicted molar refractivity (Wildman–Crippen MR) is 35.7 cm³/mol. The van der Waals surface area contributed by atoms with E-state index < -0.39 is 0 Å². The summed E-state index contributed by atoms with van der Waals surface area (Å²) in [6, 6.07) is 0. The van der Waals surface area contributed by atoms with Crippen LogP contribution in [0, 0.1) is 0 Å². The van der Waals surface area contributed by atoms with Gasteiger partial charge in [0, 0.05) is 6.42 Å². The normalized spacial score (nSPS) is 11.6. The van der Waals surface area contributed by atoms with Crippen molar-refractivity contribution in [2.24, 2.45) is 0 Å². The van der Waals surface area contributed by atoms with Gasteiger partial charge in [-0.05, 0) is 12.5 Å². The van der Waals surface area contributed by atoms with Crippen molar-refractivity contribution in [1.29, 1.82) is 0 Å². The van der Waals surface area contributed by atoms with E-state index in [-0.39, 0.29) is 0 Å². The zero-order valence-corrected chi connectivity index (χ0v) is 5.90. The highest BCUT2D eigenvalue weighted by Gasteiger charge is 1.85. The van der Waals surface area contributed by atoms with Gasteiger partial charge in [0.1, 0.15) is 0 Å². The molecular weight excluding hydrogens is 100 g/mol. The van der Waals surface area contributed by atoms with E-state index in [1.165, 1.54) is 0 Å². The van der Waals surface area contributed by atoms with Crippen LogP contribution in [0.2, 0.25) is 0 Å². The smallest absolute Gasteiger partial charge is 0.0912 e. The zero-order chi connectivity index (χ0) is 6.41. The molecule has 0 fully saturated rings. The van der Waals surface area contributed by atoms with Crippen LogP contribution in [0.5, 0.6) is 0 Å². The molecule has 8 heavy (non-hydrogen) atoms. The van der Waals surface area contributed by atoms with E-state index in [2.05, 4.69) is 19.9 Å². The molecule has 1 heteroatoms. The molecule has 0 aliphatic heterocycles. The van der Waals surface area contributed by atoms with Gasteiger partial charge in [0.05, 0.1) is 12.9 Å². The molecule has 0 saturated carbocycles. The van der Waals surface area contributed by atoms with E-state index in [9.17, 15) is 0 Å². The Morgan fingerprint density at radius 1 is 1.50 bits per heavy atom. The first kappa shape index (κ1) is 7.54. The minimum absolute atomic E-state index is 1.00. The number of hydrogen-bond donors (Lipinski definition) is 0.